The summed E-state index contributed by atoms with van der Waals surface area (Å²) in [5.74, 6) is -1.12. The fourth-order valence-electron chi connectivity index (χ4n) is 0.821. The van der Waals surface area contributed by atoms with Crippen molar-refractivity contribution in [3.8, 4) is 0 Å². The van der Waals surface area contributed by atoms with Crippen molar-refractivity contribution in [3.63, 3.8) is 0 Å². The number of aliphatic carboxylic acids is 1. The predicted octanol–water partition coefficient (Wildman–Crippen LogP) is -0.622. The molecular weight excluding hydrogens is 148 g/mol. The Hall–Kier alpha value is -1.39. The van der Waals surface area contributed by atoms with Gasteiger partial charge in [-0.25, -0.2) is 0 Å². The van der Waals surface area contributed by atoms with Gasteiger partial charge in [-0.05, 0) is 6.42 Å². The quantitative estimate of drug-likeness (QED) is 0.571. The summed E-state index contributed by atoms with van der Waals surface area (Å²) < 4.78 is 0. The first-order chi connectivity index (χ1) is 5.20. The van der Waals surface area contributed by atoms with Crippen LogP contribution < -0.4 is 5.32 Å². The summed E-state index contributed by atoms with van der Waals surface area (Å²) >= 11 is 0. The van der Waals surface area contributed by atoms with Crippen LogP contribution in [0.1, 0.15) is 12.8 Å². The Morgan fingerprint density at radius 3 is 3.00 bits per heavy atom. The first kappa shape index (κ1) is 7.71. The summed E-state index contributed by atoms with van der Waals surface area (Å²) in [6.45, 7) is 0. The lowest BCUT2D eigenvalue weighted by atomic mass is 10.1. The highest BCUT2D eigenvalue weighted by Crippen LogP contribution is 2.04. The first-order valence-electron chi connectivity index (χ1n) is 3.24. The topological polar surface area (TPSA) is 78.8 Å². The van der Waals surface area contributed by atoms with Gasteiger partial charge in [0.2, 0.25) is 5.91 Å². The molecule has 0 bridgehead atoms. The van der Waals surface area contributed by atoms with Gasteiger partial charge in [0.15, 0.2) is 0 Å². The van der Waals surface area contributed by atoms with Crippen molar-refractivity contribution in [2.75, 3.05) is 0 Å². The second-order valence-electron chi connectivity index (χ2n) is 2.23. The SMILES string of the molecule is O=C(O)CC[C@@H]1N=CNC1=O. The average molecular weight is 156 g/mol. The van der Waals surface area contributed by atoms with Crippen LogP contribution in [0.25, 0.3) is 0 Å². The second-order valence-corrected chi connectivity index (χ2v) is 2.23. The Kier molecular flexibility index (Phi) is 2.20. The predicted molar refractivity (Wildman–Crippen MR) is 37.3 cm³/mol. The molecule has 0 unspecified atom stereocenters. The lowest BCUT2D eigenvalue weighted by Gasteiger charge is -2.00. The summed E-state index contributed by atoms with van der Waals surface area (Å²) in [7, 11) is 0. The molecule has 0 radical (unpaired) electrons. The van der Waals surface area contributed by atoms with E-state index in [4.69, 9.17) is 5.11 Å². The second kappa shape index (κ2) is 3.14. The van der Waals surface area contributed by atoms with Crippen LogP contribution in [-0.2, 0) is 9.59 Å². The van der Waals surface area contributed by atoms with Crippen LogP contribution in [-0.4, -0.2) is 29.4 Å². The molecule has 1 amide bonds. The highest BCUT2D eigenvalue weighted by atomic mass is 16.4. The molecule has 0 saturated heterocycles. The van der Waals surface area contributed by atoms with Crippen molar-refractivity contribution in [3.05, 3.63) is 0 Å². The lowest BCUT2D eigenvalue weighted by Crippen LogP contribution is -2.25. The van der Waals surface area contributed by atoms with E-state index in [1.165, 1.54) is 6.34 Å². The molecule has 0 saturated carbocycles. The van der Waals surface area contributed by atoms with E-state index < -0.39 is 12.0 Å². The maximum absolute atomic E-state index is 10.8. The minimum atomic E-state index is -0.903. The zero-order valence-electron chi connectivity index (χ0n) is 5.78. The van der Waals surface area contributed by atoms with E-state index in [0.717, 1.165) is 0 Å². The molecule has 5 heteroatoms. The van der Waals surface area contributed by atoms with Crippen molar-refractivity contribution in [1.29, 1.82) is 0 Å². The zero-order chi connectivity index (χ0) is 8.27. The monoisotopic (exact) mass is 156 g/mol. The van der Waals surface area contributed by atoms with E-state index in [2.05, 4.69) is 10.3 Å². The number of hydrogen-bond donors (Lipinski definition) is 2. The smallest absolute Gasteiger partial charge is 0.303 e. The zero-order valence-corrected chi connectivity index (χ0v) is 5.78. The van der Waals surface area contributed by atoms with Gasteiger partial charge in [0.25, 0.3) is 0 Å². The van der Waals surface area contributed by atoms with E-state index in [9.17, 15) is 9.59 Å². The minimum absolute atomic E-state index is 0.0184. The molecule has 1 aliphatic rings. The molecule has 5 nitrogen and oxygen atoms in total. The molecular formula is C6H8N2O3. The van der Waals surface area contributed by atoms with Crippen molar-refractivity contribution < 1.29 is 14.7 Å². The molecule has 0 aromatic carbocycles. The Morgan fingerprint density at radius 1 is 1.82 bits per heavy atom. The van der Waals surface area contributed by atoms with Gasteiger partial charge >= 0.3 is 5.97 Å². The Labute approximate surface area is 63.1 Å². The van der Waals surface area contributed by atoms with Crippen LogP contribution in [0.4, 0.5) is 0 Å². The molecule has 1 aliphatic heterocycles. The minimum Gasteiger partial charge on any atom is -0.481 e. The van der Waals surface area contributed by atoms with E-state index >= 15 is 0 Å². The Bertz CT molecular complexity index is 212. The molecule has 2 N–H and O–H groups in total. The van der Waals surface area contributed by atoms with Crippen LogP contribution >= 0.6 is 0 Å². The third-order valence-corrected chi connectivity index (χ3v) is 1.40. The number of carbonyl (C=O) groups excluding carboxylic acids is 1. The third kappa shape index (κ3) is 2.03. The fraction of sp³-hybridized carbons (Fsp3) is 0.500. The van der Waals surface area contributed by atoms with Gasteiger partial charge in [-0.15, -0.1) is 0 Å². The number of hydrogen-bond acceptors (Lipinski definition) is 3. The van der Waals surface area contributed by atoms with Gasteiger partial charge < -0.3 is 10.4 Å². The standard InChI is InChI=1S/C6H8N2O3/c9-5(10)2-1-4-6(11)8-3-7-4/h3-4H,1-2H2,(H,9,10)(H,7,8,11)/t4-/m0/s1. The van der Waals surface area contributed by atoms with Gasteiger partial charge in [0.1, 0.15) is 6.04 Å². The van der Waals surface area contributed by atoms with Crippen molar-refractivity contribution in [1.82, 2.24) is 5.32 Å². The summed E-state index contributed by atoms with van der Waals surface area (Å²) in [5.41, 5.74) is 0. The molecule has 0 aromatic heterocycles. The average Bonchev–Trinajstić information content (AvgIpc) is 2.31. The molecule has 0 aliphatic carbocycles. The van der Waals surface area contributed by atoms with E-state index in [1.807, 2.05) is 0 Å². The normalized spacial score (nSPS) is 21.8. The number of carboxylic acids is 1. The van der Waals surface area contributed by atoms with Gasteiger partial charge in [-0.3, -0.25) is 14.6 Å². The van der Waals surface area contributed by atoms with Crippen LogP contribution in [0.5, 0.6) is 0 Å². The number of nitrogens with zero attached hydrogens (tertiary/aromatic N) is 1. The number of carbonyl (C=O) groups is 2. The molecule has 1 rings (SSSR count). The molecule has 1 atom stereocenters. The van der Waals surface area contributed by atoms with Crippen molar-refractivity contribution in [2.45, 2.75) is 18.9 Å². The molecule has 11 heavy (non-hydrogen) atoms. The summed E-state index contributed by atoms with van der Waals surface area (Å²) in [6.07, 6.45) is 1.56. The third-order valence-electron chi connectivity index (χ3n) is 1.40. The summed E-state index contributed by atoms with van der Waals surface area (Å²) in [5, 5.41) is 10.6. The van der Waals surface area contributed by atoms with Crippen molar-refractivity contribution >= 4 is 18.2 Å². The molecule has 0 spiro atoms. The fourth-order valence-corrected chi connectivity index (χ4v) is 0.821. The van der Waals surface area contributed by atoms with Gasteiger partial charge in [-0.2, -0.15) is 0 Å². The van der Waals surface area contributed by atoms with Crippen LogP contribution in [0, 0.1) is 0 Å². The number of rotatable bonds is 3. The van der Waals surface area contributed by atoms with Crippen molar-refractivity contribution in [2.24, 2.45) is 4.99 Å². The number of amides is 1. The van der Waals surface area contributed by atoms with Crippen LogP contribution in [0.3, 0.4) is 0 Å². The maximum Gasteiger partial charge on any atom is 0.303 e. The highest BCUT2D eigenvalue weighted by Gasteiger charge is 2.20. The summed E-state index contributed by atoms with van der Waals surface area (Å²) in [6, 6.07) is -0.494. The van der Waals surface area contributed by atoms with Gasteiger partial charge in [0, 0.05) is 6.42 Å². The van der Waals surface area contributed by atoms with Crippen LogP contribution in [0.2, 0.25) is 0 Å². The largest absolute Gasteiger partial charge is 0.481 e. The Morgan fingerprint density at radius 2 is 2.55 bits per heavy atom. The van der Waals surface area contributed by atoms with Gasteiger partial charge in [-0.1, -0.05) is 0 Å². The van der Waals surface area contributed by atoms with Crippen LogP contribution in [0.15, 0.2) is 4.99 Å². The molecule has 0 aromatic rings. The van der Waals surface area contributed by atoms with E-state index in [0.29, 0.717) is 0 Å². The number of nitrogens with one attached hydrogen (secondary N) is 1. The molecule has 60 valence electrons. The Balaban J connectivity index is 2.31. The summed E-state index contributed by atoms with van der Waals surface area (Å²) in [4.78, 5) is 24.6. The van der Waals surface area contributed by atoms with Gasteiger partial charge in [0.05, 0.1) is 6.34 Å². The molecule has 1 heterocycles. The number of carboxylic acid groups (broad SMARTS) is 1. The van der Waals surface area contributed by atoms with E-state index in [1.54, 1.807) is 0 Å². The lowest BCUT2D eigenvalue weighted by molar-refractivity contribution is -0.137. The highest BCUT2D eigenvalue weighted by molar-refractivity contribution is 5.96. The van der Waals surface area contributed by atoms with E-state index in [-0.39, 0.29) is 18.7 Å². The maximum atomic E-state index is 10.8. The number of aliphatic imine (C=N–C) groups is 1. The molecule has 0 fully saturated rings. The first-order valence-corrected chi connectivity index (χ1v) is 3.24.